The Morgan fingerprint density at radius 1 is 1.53 bits per heavy atom. The summed E-state index contributed by atoms with van der Waals surface area (Å²) in [6.45, 7) is 1.79. The molecule has 0 N–H and O–H groups in total. The second-order valence-electron chi connectivity index (χ2n) is 3.82. The lowest BCUT2D eigenvalue weighted by atomic mass is 10.1. The number of morpholine rings is 1. The lowest BCUT2D eigenvalue weighted by Gasteiger charge is -2.33. The highest BCUT2D eigenvalue weighted by Gasteiger charge is 2.23. The van der Waals surface area contributed by atoms with E-state index in [1.807, 2.05) is 18.2 Å². The molecule has 0 spiro atoms. The zero-order valence-corrected chi connectivity index (χ0v) is 10.7. The molecule has 1 saturated heterocycles. The van der Waals surface area contributed by atoms with E-state index in [-0.39, 0.29) is 0 Å². The third kappa shape index (κ3) is 2.66. The minimum Gasteiger partial charge on any atom is -0.364 e. The number of nitrogens with zero attached hydrogens (tertiary/aromatic N) is 2. The molecule has 0 bridgehead atoms. The average molecular weight is 271 g/mol. The van der Waals surface area contributed by atoms with Crippen LogP contribution in [0.25, 0.3) is 0 Å². The van der Waals surface area contributed by atoms with Gasteiger partial charge in [-0.1, -0.05) is 23.7 Å². The van der Waals surface area contributed by atoms with E-state index >= 15 is 0 Å². The van der Waals surface area contributed by atoms with Crippen molar-refractivity contribution in [3.63, 3.8) is 0 Å². The zero-order valence-electron chi connectivity index (χ0n) is 9.20. The Morgan fingerprint density at radius 3 is 3.06 bits per heavy atom. The maximum absolute atomic E-state index is 8.89. The Morgan fingerprint density at radius 2 is 2.35 bits per heavy atom. The molecule has 2 rings (SSSR count). The Labute approximate surface area is 110 Å². The number of ether oxygens (including phenoxy) is 1. The molecule has 90 valence electrons. The summed E-state index contributed by atoms with van der Waals surface area (Å²) in [5, 5.41) is 9.56. The first-order chi connectivity index (χ1) is 8.26. The molecule has 1 aliphatic rings. The van der Waals surface area contributed by atoms with Crippen LogP contribution >= 0.6 is 23.2 Å². The second kappa shape index (κ2) is 5.59. The Balaban J connectivity index is 2.30. The number of halogens is 2. The Hall–Kier alpha value is -0.950. The highest BCUT2D eigenvalue weighted by atomic mass is 35.5. The smallest absolute Gasteiger partial charge is 0.161 e. The van der Waals surface area contributed by atoms with Gasteiger partial charge < -0.3 is 9.64 Å². The van der Waals surface area contributed by atoms with Crippen LogP contribution in [-0.2, 0) is 10.6 Å². The van der Waals surface area contributed by atoms with Crippen molar-refractivity contribution in [1.29, 1.82) is 5.26 Å². The van der Waals surface area contributed by atoms with E-state index in [0.29, 0.717) is 24.1 Å². The largest absolute Gasteiger partial charge is 0.364 e. The van der Waals surface area contributed by atoms with Gasteiger partial charge in [-0.15, -0.1) is 11.6 Å². The number of hydrogen-bond acceptors (Lipinski definition) is 3. The van der Waals surface area contributed by atoms with Crippen molar-refractivity contribution >= 4 is 28.9 Å². The van der Waals surface area contributed by atoms with Crippen molar-refractivity contribution in [3.8, 4) is 6.07 Å². The van der Waals surface area contributed by atoms with E-state index in [0.717, 1.165) is 17.8 Å². The molecular weight excluding hydrogens is 259 g/mol. The first-order valence-electron chi connectivity index (χ1n) is 5.35. The number of para-hydroxylation sites is 1. The van der Waals surface area contributed by atoms with E-state index in [1.54, 1.807) is 0 Å². The molecule has 1 aromatic rings. The van der Waals surface area contributed by atoms with Crippen LogP contribution in [0.2, 0.25) is 5.02 Å². The topological polar surface area (TPSA) is 36.3 Å². The molecule has 0 radical (unpaired) electrons. The summed E-state index contributed by atoms with van der Waals surface area (Å²) in [6, 6.07) is 7.79. The van der Waals surface area contributed by atoms with E-state index in [4.69, 9.17) is 33.2 Å². The molecule has 1 unspecified atom stereocenters. The number of alkyl halides is 1. The molecule has 0 saturated carbocycles. The summed E-state index contributed by atoms with van der Waals surface area (Å²) in [7, 11) is 0. The van der Waals surface area contributed by atoms with Crippen LogP contribution in [0.15, 0.2) is 18.2 Å². The zero-order chi connectivity index (χ0) is 12.3. The normalized spacial score (nSPS) is 20.1. The number of nitriles is 1. The Bertz CT molecular complexity index is 445. The van der Waals surface area contributed by atoms with Gasteiger partial charge in [-0.3, -0.25) is 0 Å². The molecule has 1 aliphatic heterocycles. The molecule has 17 heavy (non-hydrogen) atoms. The summed E-state index contributed by atoms with van der Waals surface area (Å²) in [5.74, 6) is 0.407. The van der Waals surface area contributed by atoms with Gasteiger partial charge in [-0.05, 0) is 11.6 Å². The van der Waals surface area contributed by atoms with Crippen LogP contribution in [0.5, 0.6) is 0 Å². The van der Waals surface area contributed by atoms with E-state index in [9.17, 15) is 0 Å². The van der Waals surface area contributed by atoms with Crippen molar-refractivity contribution in [1.82, 2.24) is 0 Å². The molecular formula is C12H12Cl2N2O. The summed E-state index contributed by atoms with van der Waals surface area (Å²) in [6.07, 6.45) is -0.400. The molecule has 0 amide bonds. The third-order valence-corrected chi connectivity index (χ3v) is 3.33. The van der Waals surface area contributed by atoms with Crippen molar-refractivity contribution in [2.24, 2.45) is 0 Å². The van der Waals surface area contributed by atoms with Gasteiger partial charge in [0.15, 0.2) is 6.10 Å². The van der Waals surface area contributed by atoms with Crippen LogP contribution in [0.4, 0.5) is 5.69 Å². The lowest BCUT2D eigenvalue weighted by molar-refractivity contribution is 0.0764. The molecule has 5 heteroatoms. The molecule has 1 aromatic carbocycles. The SMILES string of the molecule is N#CC1CN(c2c(Cl)cccc2CCl)CCO1. The minimum atomic E-state index is -0.400. The van der Waals surface area contributed by atoms with Crippen molar-refractivity contribution < 1.29 is 4.74 Å². The number of benzene rings is 1. The quantitative estimate of drug-likeness (QED) is 0.776. The van der Waals surface area contributed by atoms with Gasteiger partial charge in [0.25, 0.3) is 0 Å². The maximum atomic E-state index is 8.89. The van der Waals surface area contributed by atoms with Gasteiger partial charge in [0.1, 0.15) is 0 Å². The van der Waals surface area contributed by atoms with E-state index in [2.05, 4.69) is 11.0 Å². The van der Waals surface area contributed by atoms with Gasteiger partial charge in [0.2, 0.25) is 0 Å². The lowest BCUT2D eigenvalue weighted by Crippen LogP contribution is -2.42. The highest BCUT2D eigenvalue weighted by Crippen LogP contribution is 2.32. The molecule has 1 fully saturated rings. The average Bonchev–Trinajstić information content (AvgIpc) is 2.38. The molecule has 3 nitrogen and oxygen atoms in total. The third-order valence-electron chi connectivity index (χ3n) is 2.74. The maximum Gasteiger partial charge on any atom is 0.161 e. The van der Waals surface area contributed by atoms with Crippen LogP contribution in [-0.4, -0.2) is 25.8 Å². The van der Waals surface area contributed by atoms with Crippen molar-refractivity contribution in [2.45, 2.75) is 12.0 Å². The number of hydrogen-bond donors (Lipinski definition) is 0. The van der Waals surface area contributed by atoms with E-state index in [1.165, 1.54) is 0 Å². The number of rotatable bonds is 2. The summed E-state index contributed by atoms with van der Waals surface area (Å²) in [4.78, 5) is 2.07. The van der Waals surface area contributed by atoms with Crippen molar-refractivity contribution in [2.75, 3.05) is 24.6 Å². The summed E-state index contributed by atoms with van der Waals surface area (Å²) < 4.78 is 5.31. The first-order valence-corrected chi connectivity index (χ1v) is 6.27. The monoisotopic (exact) mass is 270 g/mol. The van der Waals surface area contributed by atoms with Crippen LogP contribution < -0.4 is 4.90 Å². The predicted octanol–water partition coefficient (Wildman–Crippen LogP) is 2.81. The summed E-state index contributed by atoms with van der Waals surface area (Å²) in [5.41, 5.74) is 1.91. The van der Waals surface area contributed by atoms with Gasteiger partial charge in [-0.2, -0.15) is 5.26 Å². The Kier molecular flexibility index (Phi) is 4.11. The minimum absolute atomic E-state index is 0.400. The van der Waals surface area contributed by atoms with Gasteiger partial charge in [-0.25, -0.2) is 0 Å². The molecule has 1 heterocycles. The van der Waals surface area contributed by atoms with Crippen LogP contribution in [0.3, 0.4) is 0 Å². The summed E-state index contributed by atoms with van der Waals surface area (Å²) >= 11 is 12.1. The highest BCUT2D eigenvalue weighted by molar-refractivity contribution is 6.33. The molecule has 0 aliphatic carbocycles. The predicted molar refractivity (Wildman–Crippen MR) is 68.6 cm³/mol. The molecule has 0 aromatic heterocycles. The van der Waals surface area contributed by atoms with Gasteiger partial charge in [0, 0.05) is 12.4 Å². The fraction of sp³-hybridized carbons (Fsp3) is 0.417. The standard InChI is InChI=1S/C12H12Cl2N2O/c13-6-9-2-1-3-11(14)12(9)16-4-5-17-10(7-15)8-16/h1-3,10H,4-6,8H2. The fourth-order valence-corrected chi connectivity index (χ4v) is 2.48. The fourth-order valence-electron chi connectivity index (χ4n) is 1.95. The second-order valence-corrected chi connectivity index (χ2v) is 4.49. The number of anilines is 1. The van der Waals surface area contributed by atoms with E-state index < -0.39 is 6.10 Å². The van der Waals surface area contributed by atoms with Gasteiger partial charge >= 0.3 is 0 Å². The van der Waals surface area contributed by atoms with Crippen molar-refractivity contribution in [3.05, 3.63) is 28.8 Å². The van der Waals surface area contributed by atoms with Crippen LogP contribution in [0.1, 0.15) is 5.56 Å². The van der Waals surface area contributed by atoms with Crippen LogP contribution in [0, 0.1) is 11.3 Å². The first kappa shape index (κ1) is 12.5. The van der Waals surface area contributed by atoms with Gasteiger partial charge in [0.05, 0.1) is 29.9 Å². The molecule has 1 atom stereocenters.